The Labute approximate surface area is 182 Å². The number of hydrogen-bond acceptors (Lipinski definition) is 6. The number of hydrogen-bond donors (Lipinski definition) is 3. The summed E-state index contributed by atoms with van der Waals surface area (Å²) >= 11 is 9.33. The van der Waals surface area contributed by atoms with Crippen molar-refractivity contribution in [1.29, 1.82) is 0 Å². The van der Waals surface area contributed by atoms with Crippen LogP contribution in [0.3, 0.4) is 0 Å². The lowest BCUT2D eigenvalue weighted by molar-refractivity contribution is -0.184. The summed E-state index contributed by atoms with van der Waals surface area (Å²) in [6, 6.07) is 0. The van der Waals surface area contributed by atoms with Crippen LogP contribution in [-0.4, -0.2) is 57.3 Å². The van der Waals surface area contributed by atoms with Gasteiger partial charge in [0.05, 0.1) is 13.0 Å². The first-order chi connectivity index (χ1) is 11.8. The number of carbonyl (C=O) groups is 4. The Bertz CT molecular complexity index is 743. The molecule has 1 aliphatic rings. The van der Waals surface area contributed by atoms with Gasteiger partial charge in [-0.1, -0.05) is 47.8 Å². The Morgan fingerprint density at radius 2 is 1.41 bits per heavy atom. The fourth-order valence-corrected chi connectivity index (χ4v) is 2.87. The highest BCUT2D eigenvalue weighted by Gasteiger charge is 2.59. The lowest BCUT2D eigenvalue weighted by atomic mass is 9.94. The fourth-order valence-electron chi connectivity index (χ4n) is 2.23. The average molecular weight is 577 g/mol. The highest BCUT2D eigenvalue weighted by molar-refractivity contribution is 9.10. The van der Waals surface area contributed by atoms with Crippen molar-refractivity contribution in [3.63, 3.8) is 0 Å². The van der Waals surface area contributed by atoms with Crippen LogP contribution in [0.5, 0.6) is 0 Å². The third-order valence-corrected chi connectivity index (χ3v) is 4.66. The summed E-state index contributed by atoms with van der Waals surface area (Å²) in [6.07, 6.45) is 0. The Hall–Kier alpha value is -0.780. The van der Waals surface area contributed by atoms with Gasteiger partial charge in [-0.25, -0.2) is 4.90 Å². The third-order valence-electron chi connectivity index (χ3n) is 3.60. The minimum Gasteiger partial charge on any atom is -0.501 e. The minimum absolute atomic E-state index is 0.426. The number of aliphatic hydroxyl groups is 2. The van der Waals surface area contributed by atoms with Crippen molar-refractivity contribution in [1.82, 2.24) is 10.2 Å². The number of ketones is 2. The Morgan fingerprint density at radius 1 is 0.963 bits per heavy atom. The van der Waals surface area contributed by atoms with Gasteiger partial charge in [0.25, 0.3) is 11.8 Å². The molecule has 0 saturated heterocycles. The quantitative estimate of drug-likeness (QED) is 0.430. The van der Waals surface area contributed by atoms with Gasteiger partial charge >= 0.3 is 0 Å². The number of rotatable bonds is 5. The van der Waals surface area contributed by atoms with E-state index in [0.717, 1.165) is 0 Å². The highest BCUT2D eigenvalue weighted by Crippen LogP contribution is 2.37. The second-order valence-corrected chi connectivity index (χ2v) is 13.5. The number of Topliss-reactive ketones (excluding diaryl/α,β-unsaturated/α-hetero) is 2. The molecule has 11 heteroatoms. The van der Waals surface area contributed by atoms with Crippen molar-refractivity contribution in [2.24, 2.45) is 0 Å². The van der Waals surface area contributed by atoms with Gasteiger partial charge in [-0.05, 0) is 41.5 Å². The molecule has 2 amide bonds. The molecule has 0 radical (unpaired) electrons. The summed E-state index contributed by atoms with van der Waals surface area (Å²) in [5.74, 6) is -8.07. The standard InChI is InChI=1S/C16H21Br3N2O6/c1-13(2,17)9(23)7-8(22)10(24)20-16(27,11(25)14(3,4)18)21(7)12(26)15(5,6)19/h22,27H,1-6H3,(H,20,24). The number of allylic oxidation sites excluding steroid dienone is 1. The van der Waals surface area contributed by atoms with Crippen LogP contribution in [0.25, 0.3) is 0 Å². The zero-order chi connectivity index (χ0) is 21.7. The molecule has 1 rings (SSSR count). The molecule has 0 aromatic rings. The zero-order valence-electron chi connectivity index (χ0n) is 15.6. The van der Waals surface area contributed by atoms with E-state index in [1.807, 2.05) is 5.32 Å². The smallest absolute Gasteiger partial charge is 0.292 e. The van der Waals surface area contributed by atoms with Crippen LogP contribution >= 0.6 is 47.8 Å². The average Bonchev–Trinajstić information content (AvgIpc) is 2.45. The van der Waals surface area contributed by atoms with Crippen LogP contribution in [0.4, 0.5) is 0 Å². The molecule has 1 aliphatic heterocycles. The number of halogens is 3. The molecule has 0 aromatic heterocycles. The molecule has 0 fully saturated rings. The molecule has 0 spiro atoms. The maximum Gasteiger partial charge on any atom is 0.292 e. The van der Waals surface area contributed by atoms with Crippen LogP contribution in [0.2, 0.25) is 0 Å². The van der Waals surface area contributed by atoms with Gasteiger partial charge in [-0.2, -0.15) is 0 Å². The van der Waals surface area contributed by atoms with E-state index in [-0.39, 0.29) is 0 Å². The van der Waals surface area contributed by atoms with E-state index in [2.05, 4.69) is 47.8 Å². The second kappa shape index (κ2) is 7.23. The van der Waals surface area contributed by atoms with Crippen molar-refractivity contribution in [3.8, 4) is 0 Å². The lowest BCUT2D eigenvalue weighted by Crippen LogP contribution is -2.74. The molecule has 3 N–H and O–H groups in total. The number of carbonyl (C=O) groups excluding carboxylic acids is 4. The van der Waals surface area contributed by atoms with Gasteiger partial charge in [0.15, 0.2) is 5.78 Å². The van der Waals surface area contributed by atoms with Gasteiger partial charge in [0.2, 0.25) is 17.4 Å². The number of aliphatic hydroxyl groups excluding tert-OH is 1. The van der Waals surface area contributed by atoms with E-state index in [1.54, 1.807) is 0 Å². The number of amides is 2. The van der Waals surface area contributed by atoms with E-state index >= 15 is 0 Å². The monoisotopic (exact) mass is 574 g/mol. The fraction of sp³-hybridized carbons (Fsp3) is 0.625. The molecule has 0 bridgehead atoms. The summed E-state index contributed by atoms with van der Waals surface area (Å²) in [5.41, 5.74) is -0.786. The summed E-state index contributed by atoms with van der Waals surface area (Å²) < 4.78 is -4.03. The maximum absolute atomic E-state index is 13.0. The number of alkyl halides is 3. The molecule has 27 heavy (non-hydrogen) atoms. The molecular formula is C16H21Br3N2O6. The summed E-state index contributed by atoms with van der Waals surface area (Å²) in [5, 5.41) is 23.3. The van der Waals surface area contributed by atoms with Crippen molar-refractivity contribution in [2.75, 3.05) is 0 Å². The van der Waals surface area contributed by atoms with Gasteiger partial charge < -0.3 is 10.2 Å². The molecule has 0 aromatic carbocycles. The normalized spacial score (nSPS) is 21.9. The van der Waals surface area contributed by atoms with Crippen LogP contribution in [-0.2, 0) is 19.2 Å². The summed E-state index contributed by atoms with van der Waals surface area (Å²) in [4.78, 5) is 51.5. The molecule has 1 unspecified atom stereocenters. The number of nitrogens with one attached hydrogen (secondary N) is 1. The molecule has 1 atom stereocenters. The molecule has 8 nitrogen and oxygen atoms in total. The Kier molecular flexibility index (Phi) is 6.50. The van der Waals surface area contributed by atoms with Crippen LogP contribution in [0, 0.1) is 0 Å². The zero-order valence-corrected chi connectivity index (χ0v) is 20.4. The van der Waals surface area contributed by atoms with E-state index in [9.17, 15) is 29.4 Å². The van der Waals surface area contributed by atoms with E-state index in [1.165, 1.54) is 41.5 Å². The summed E-state index contributed by atoms with van der Waals surface area (Å²) in [6.45, 7) is 8.51. The Balaban J connectivity index is 3.89. The van der Waals surface area contributed by atoms with Gasteiger partial charge in [0, 0.05) is 0 Å². The predicted octanol–water partition coefficient (Wildman–Crippen LogP) is 2.02. The van der Waals surface area contributed by atoms with E-state index in [0.29, 0.717) is 4.90 Å². The summed E-state index contributed by atoms with van der Waals surface area (Å²) in [7, 11) is 0. The first kappa shape index (κ1) is 24.3. The molecule has 152 valence electrons. The topological polar surface area (TPSA) is 124 Å². The maximum atomic E-state index is 13.0. The molecular weight excluding hydrogens is 556 g/mol. The largest absolute Gasteiger partial charge is 0.501 e. The highest BCUT2D eigenvalue weighted by atomic mass is 79.9. The molecule has 0 saturated carbocycles. The first-order valence-electron chi connectivity index (χ1n) is 7.75. The first-order valence-corrected chi connectivity index (χ1v) is 10.1. The van der Waals surface area contributed by atoms with Crippen molar-refractivity contribution in [3.05, 3.63) is 11.5 Å². The van der Waals surface area contributed by atoms with Gasteiger partial charge in [0.1, 0.15) is 5.70 Å². The van der Waals surface area contributed by atoms with E-state index < -0.39 is 53.7 Å². The minimum atomic E-state index is -2.90. The van der Waals surface area contributed by atoms with Crippen LogP contribution in [0.1, 0.15) is 41.5 Å². The third kappa shape index (κ3) is 4.63. The van der Waals surface area contributed by atoms with Crippen molar-refractivity contribution >= 4 is 71.2 Å². The predicted molar refractivity (Wildman–Crippen MR) is 109 cm³/mol. The lowest BCUT2D eigenvalue weighted by Gasteiger charge is -2.46. The Morgan fingerprint density at radius 3 is 1.74 bits per heavy atom. The van der Waals surface area contributed by atoms with Gasteiger partial charge in [-0.15, -0.1) is 0 Å². The van der Waals surface area contributed by atoms with Crippen LogP contribution in [0.15, 0.2) is 11.5 Å². The van der Waals surface area contributed by atoms with Crippen LogP contribution < -0.4 is 5.32 Å². The number of nitrogens with zero attached hydrogens (tertiary/aromatic N) is 1. The van der Waals surface area contributed by atoms with Crippen molar-refractivity contribution < 1.29 is 29.4 Å². The second-order valence-electron chi connectivity index (χ2n) is 7.54. The van der Waals surface area contributed by atoms with Crippen molar-refractivity contribution in [2.45, 2.75) is 60.4 Å². The molecule has 1 heterocycles. The molecule has 0 aliphatic carbocycles. The van der Waals surface area contributed by atoms with E-state index in [4.69, 9.17) is 0 Å². The van der Waals surface area contributed by atoms with Gasteiger partial charge in [-0.3, -0.25) is 24.5 Å². The SMILES string of the molecule is CC(C)(Br)C(=O)C1=C(O)C(=O)NC(O)(C(=O)C(C)(C)Br)N1C(=O)C(C)(C)Br.